The van der Waals surface area contributed by atoms with Crippen LogP contribution in [0.5, 0.6) is 0 Å². The second-order valence-corrected chi connectivity index (χ2v) is 16.2. The normalized spacial score (nSPS) is 12.4. The lowest BCUT2D eigenvalue weighted by Crippen LogP contribution is -2.03. The van der Waals surface area contributed by atoms with E-state index in [9.17, 15) is 0 Å². The summed E-state index contributed by atoms with van der Waals surface area (Å²) in [6, 6.07) is 52.9. The zero-order valence-electron chi connectivity index (χ0n) is 37.7. The van der Waals surface area contributed by atoms with Gasteiger partial charge in [0.25, 0.3) is 0 Å². The van der Waals surface area contributed by atoms with Crippen LogP contribution in [-0.4, -0.2) is 0 Å². The van der Waals surface area contributed by atoms with E-state index in [-0.39, 0.29) is 0 Å². The molecule has 0 N–H and O–H groups in total. The Morgan fingerprint density at radius 3 is 1.51 bits per heavy atom. The molecule has 61 heavy (non-hydrogen) atoms. The summed E-state index contributed by atoms with van der Waals surface area (Å²) >= 11 is 0. The molecule has 0 amide bonds. The van der Waals surface area contributed by atoms with Crippen LogP contribution < -0.4 is 0 Å². The van der Waals surface area contributed by atoms with E-state index in [1.54, 1.807) is 0 Å². The van der Waals surface area contributed by atoms with Crippen molar-refractivity contribution in [2.24, 2.45) is 0 Å². The van der Waals surface area contributed by atoms with Gasteiger partial charge in [0.15, 0.2) is 0 Å². The molecule has 0 heterocycles. The van der Waals surface area contributed by atoms with Gasteiger partial charge in [-0.2, -0.15) is 0 Å². The van der Waals surface area contributed by atoms with Gasteiger partial charge in [-0.25, -0.2) is 0 Å². The van der Waals surface area contributed by atoms with Gasteiger partial charge in [-0.3, -0.25) is 0 Å². The maximum absolute atomic E-state index is 4.14. The average molecular weight is 795 g/mol. The Labute approximate surface area is 368 Å². The first-order chi connectivity index (χ1) is 29.6. The van der Waals surface area contributed by atoms with Crippen molar-refractivity contribution in [2.45, 2.75) is 74.7 Å². The summed E-state index contributed by atoms with van der Waals surface area (Å²) in [5.41, 5.74) is 26.2. The molecule has 0 nitrogen and oxygen atoms in total. The molecule has 0 atom stereocenters. The Bertz CT molecular complexity index is 2690. The van der Waals surface area contributed by atoms with Crippen molar-refractivity contribution in [3.8, 4) is 44.5 Å². The van der Waals surface area contributed by atoms with Crippen molar-refractivity contribution >= 4 is 5.57 Å². The van der Waals surface area contributed by atoms with Crippen LogP contribution >= 0.6 is 0 Å². The molecule has 0 aromatic heterocycles. The highest BCUT2D eigenvalue weighted by molar-refractivity contribution is 5.83. The molecular weight excluding hydrogens is 733 g/mol. The van der Waals surface area contributed by atoms with Gasteiger partial charge in [-0.1, -0.05) is 188 Å². The van der Waals surface area contributed by atoms with Gasteiger partial charge in [-0.05, 0) is 181 Å². The number of hydrogen-bond acceptors (Lipinski definition) is 0. The summed E-state index contributed by atoms with van der Waals surface area (Å²) in [6.07, 6.45) is 11.6. The van der Waals surface area contributed by atoms with Crippen LogP contribution in [0.2, 0.25) is 0 Å². The molecule has 2 radical (unpaired) electrons. The molecule has 306 valence electrons. The predicted molar refractivity (Wildman–Crippen MR) is 268 cm³/mol. The molecule has 0 heteroatoms. The van der Waals surface area contributed by atoms with Crippen molar-refractivity contribution in [2.75, 3.05) is 0 Å². The fourth-order valence-corrected chi connectivity index (χ4v) is 8.25. The van der Waals surface area contributed by atoms with E-state index in [4.69, 9.17) is 0 Å². The summed E-state index contributed by atoms with van der Waals surface area (Å²) in [6.45, 7) is 25.2. The summed E-state index contributed by atoms with van der Waals surface area (Å²) in [4.78, 5) is 0. The highest BCUT2D eigenvalue weighted by atomic mass is 14.2. The Balaban J connectivity index is 0.000000161. The topological polar surface area (TPSA) is 0 Å². The van der Waals surface area contributed by atoms with Crippen molar-refractivity contribution in [3.63, 3.8) is 0 Å². The quantitative estimate of drug-likeness (QED) is 0.166. The fraction of sp³-hybridized carbons (Fsp3) is 0.180. The van der Waals surface area contributed by atoms with Crippen molar-refractivity contribution in [3.05, 3.63) is 245 Å². The smallest absolute Gasteiger partial charge is 0.0126 e. The first-order valence-electron chi connectivity index (χ1n) is 21.9. The van der Waals surface area contributed by atoms with Gasteiger partial charge in [0.2, 0.25) is 0 Å². The van der Waals surface area contributed by atoms with Gasteiger partial charge < -0.3 is 0 Å². The average Bonchev–Trinajstić information content (AvgIpc) is 3.50. The number of hydrogen-bond donors (Lipinski definition) is 0. The molecular formula is C61H62. The molecule has 0 saturated heterocycles. The largest absolute Gasteiger partial charge is 0.0804 e. The highest BCUT2D eigenvalue weighted by Gasteiger charge is 2.17. The fourth-order valence-electron chi connectivity index (χ4n) is 8.25. The lowest BCUT2D eigenvalue weighted by Gasteiger charge is -2.21. The summed E-state index contributed by atoms with van der Waals surface area (Å²) in [7, 11) is 0. The Morgan fingerprint density at radius 1 is 0.393 bits per heavy atom. The second-order valence-electron chi connectivity index (χ2n) is 16.2. The molecule has 0 spiro atoms. The van der Waals surface area contributed by atoms with Gasteiger partial charge in [0.1, 0.15) is 0 Å². The SMILES string of the molecule is CC.Cc1ccc(C)c(-c2ccccc2C)c1.Cc1ccccc1-c1cc(-c2ccc3c(c2)-c2ccccc2CC3)ccc1C.[CH2]C1=C(c2cc(C)ccc2[CH2])C=CC=CC1. The van der Waals surface area contributed by atoms with Crippen LogP contribution in [0.4, 0.5) is 0 Å². The summed E-state index contributed by atoms with van der Waals surface area (Å²) in [5, 5.41) is 0. The van der Waals surface area contributed by atoms with E-state index < -0.39 is 0 Å². The number of benzene rings is 7. The minimum Gasteiger partial charge on any atom is -0.0804 e. The van der Waals surface area contributed by atoms with E-state index in [0.717, 1.165) is 30.4 Å². The van der Waals surface area contributed by atoms with Crippen molar-refractivity contribution in [1.29, 1.82) is 0 Å². The van der Waals surface area contributed by atoms with Gasteiger partial charge in [0, 0.05) is 0 Å². The third-order valence-corrected chi connectivity index (χ3v) is 11.7. The van der Waals surface area contributed by atoms with Gasteiger partial charge >= 0.3 is 0 Å². The van der Waals surface area contributed by atoms with Crippen LogP contribution in [0, 0.1) is 55.4 Å². The third kappa shape index (κ3) is 10.7. The Morgan fingerprint density at radius 2 is 0.869 bits per heavy atom. The van der Waals surface area contributed by atoms with Crippen LogP contribution in [-0.2, 0) is 12.8 Å². The zero-order valence-corrected chi connectivity index (χ0v) is 37.7. The second kappa shape index (κ2) is 20.8. The molecule has 0 saturated carbocycles. The molecule has 7 aromatic rings. The van der Waals surface area contributed by atoms with Crippen LogP contribution in [0.25, 0.3) is 50.1 Å². The highest BCUT2D eigenvalue weighted by Crippen LogP contribution is 2.38. The minimum absolute atomic E-state index is 0.912. The lowest BCUT2D eigenvalue weighted by molar-refractivity contribution is 0.942. The number of fused-ring (bicyclic) bond motifs is 3. The minimum atomic E-state index is 0.912. The van der Waals surface area contributed by atoms with Gasteiger partial charge in [0.05, 0.1) is 0 Å². The molecule has 0 unspecified atom stereocenters. The van der Waals surface area contributed by atoms with E-state index in [0.29, 0.717) is 0 Å². The van der Waals surface area contributed by atoms with Crippen molar-refractivity contribution in [1.82, 2.24) is 0 Å². The summed E-state index contributed by atoms with van der Waals surface area (Å²) < 4.78 is 0. The monoisotopic (exact) mass is 794 g/mol. The maximum atomic E-state index is 4.14. The van der Waals surface area contributed by atoms with E-state index in [1.165, 1.54) is 100 Å². The van der Waals surface area contributed by atoms with E-state index in [1.807, 2.05) is 13.8 Å². The number of aryl methyl sites for hydroxylation is 8. The predicted octanol–water partition coefficient (Wildman–Crippen LogP) is 17.0. The van der Waals surface area contributed by atoms with Crippen LogP contribution in [0.15, 0.2) is 175 Å². The maximum Gasteiger partial charge on any atom is -0.0126 e. The zero-order chi connectivity index (χ0) is 43.5. The molecule has 7 aromatic carbocycles. The van der Waals surface area contributed by atoms with Gasteiger partial charge in [-0.15, -0.1) is 0 Å². The standard InChI is InChI=1S/C28H24.C16H16.C15H16.C2H6/c1-19-7-3-5-9-25(19)27-17-23(12-11-20(27)2)24-16-15-22-14-13-21-8-4-6-10-26(21)28(22)18-24;1-12-9-10-14(3)16(11-12)15-8-6-4-5-7-13(15)2;1-11-8-9-13(3)15(10-11)14-7-5-4-6-12(14)2;1-2/h3-12,15-18H,13-14H2,1-2H3;4-6,8-11H,2-3,7H2,1H3;4-10H,1-3H3;1-2H3. The molecule has 0 fully saturated rings. The molecule has 0 aliphatic heterocycles. The first-order valence-corrected chi connectivity index (χ1v) is 21.9. The molecule has 0 bridgehead atoms. The van der Waals surface area contributed by atoms with E-state index in [2.05, 4.69) is 225 Å². The Kier molecular flexibility index (Phi) is 15.1. The molecule has 9 rings (SSSR count). The lowest BCUT2D eigenvalue weighted by atomic mass is 9.84. The van der Waals surface area contributed by atoms with Crippen LogP contribution in [0.3, 0.4) is 0 Å². The third-order valence-electron chi connectivity index (χ3n) is 11.7. The Hall–Kier alpha value is -6.24. The van der Waals surface area contributed by atoms with Crippen LogP contribution in [0.1, 0.15) is 75.9 Å². The molecule has 2 aliphatic carbocycles. The first kappa shape index (κ1) is 44.3. The van der Waals surface area contributed by atoms with E-state index >= 15 is 0 Å². The number of allylic oxidation sites excluding steroid dienone is 6. The summed E-state index contributed by atoms with van der Waals surface area (Å²) in [5.74, 6) is 0. The molecule has 2 aliphatic rings. The van der Waals surface area contributed by atoms with Crippen molar-refractivity contribution < 1.29 is 0 Å². The number of rotatable bonds is 4.